The van der Waals surface area contributed by atoms with Gasteiger partial charge in [-0.05, 0) is 37.1 Å². The number of furan rings is 1. The van der Waals surface area contributed by atoms with Crippen molar-refractivity contribution in [2.45, 2.75) is 18.9 Å². The molecule has 0 radical (unpaired) electrons. The van der Waals surface area contributed by atoms with Gasteiger partial charge < -0.3 is 14.6 Å². The molecule has 29 heavy (non-hydrogen) atoms. The van der Waals surface area contributed by atoms with E-state index in [4.69, 9.17) is 10.3 Å². The first-order valence-electron chi connectivity index (χ1n) is 9.61. The van der Waals surface area contributed by atoms with E-state index in [1.54, 1.807) is 19.5 Å². The number of likely N-dealkylation sites (tertiary alicyclic amines) is 1. The van der Waals surface area contributed by atoms with Gasteiger partial charge in [-0.3, -0.25) is 20.2 Å². The van der Waals surface area contributed by atoms with Crippen molar-refractivity contribution in [2.24, 2.45) is 10.8 Å². The minimum Gasteiger partial charge on any atom is -0.464 e. The topological polar surface area (TPSA) is 109 Å². The Bertz CT molecular complexity index is 1020. The summed E-state index contributed by atoms with van der Waals surface area (Å²) in [6, 6.07) is 11.4. The van der Waals surface area contributed by atoms with E-state index in [9.17, 15) is 4.79 Å². The molecule has 0 saturated carbocycles. The summed E-state index contributed by atoms with van der Waals surface area (Å²) in [7, 11) is 1.70. The fraction of sp³-hybridized carbons (Fsp3) is 0.286. The van der Waals surface area contributed by atoms with Crippen LogP contribution in [-0.4, -0.2) is 47.9 Å². The molecule has 1 amide bonds. The first kappa shape index (κ1) is 18.9. The number of hydrazine groups is 1. The fourth-order valence-electron chi connectivity index (χ4n) is 3.71. The SMILES string of the molecule is CN=C(NN)N1CCC(NC(=O)c2ccc(-c3nccc4occc34)cc2)CC1. The third-order valence-electron chi connectivity index (χ3n) is 5.27. The highest BCUT2D eigenvalue weighted by molar-refractivity contribution is 5.96. The second-order valence-electron chi connectivity index (χ2n) is 7.00. The predicted molar refractivity (Wildman–Crippen MR) is 112 cm³/mol. The molecule has 2 aromatic heterocycles. The Hall–Kier alpha value is -3.39. The molecule has 4 rings (SSSR count). The summed E-state index contributed by atoms with van der Waals surface area (Å²) in [6.07, 6.45) is 5.07. The average molecular weight is 392 g/mol. The molecule has 3 heterocycles. The second-order valence-corrected chi connectivity index (χ2v) is 7.00. The summed E-state index contributed by atoms with van der Waals surface area (Å²) in [5.41, 5.74) is 5.83. The van der Waals surface area contributed by atoms with Gasteiger partial charge in [0, 0.05) is 48.9 Å². The van der Waals surface area contributed by atoms with E-state index in [-0.39, 0.29) is 11.9 Å². The average Bonchev–Trinajstić information content (AvgIpc) is 3.25. The van der Waals surface area contributed by atoms with Crippen LogP contribution in [0.4, 0.5) is 0 Å². The number of hydrogen-bond donors (Lipinski definition) is 3. The number of benzene rings is 1. The monoisotopic (exact) mass is 392 g/mol. The van der Waals surface area contributed by atoms with Gasteiger partial charge in [0.1, 0.15) is 5.58 Å². The molecule has 150 valence electrons. The van der Waals surface area contributed by atoms with Gasteiger partial charge in [0.2, 0.25) is 5.96 Å². The number of nitrogens with one attached hydrogen (secondary N) is 2. The fourth-order valence-corrected chi connectivity index (χ4v) is 3.71. The number of fused-ring (bicyclic) bond motifs is 1. The molecule has 0 spiro atoms. The molecular weight excluding hydrogens is 368 g/mol. The van der Waals surface area contributed by atoms with Crippen LogP contribution in [0.2, 0.25) is 0 Å². The highest BCUT2D eigenvalue weighted by Crippen LogP contribution is 2.27. The van der Waals surface area contributed by atoms with E-state index in [1.165, 1.54) is 0 Å². The molecule has 0 atom stereocenters. The van der Waals surface area contributed by atoms with E-state index in [0.717, 1.165) is 48.2 Å². The number of aliphatic imine (C=N–C) groups is 1. The van der Waals surface area contributed by atoms with Crippen LogP contribution in [0.3, 0.4) is 0 Å². The molecule has 1 aromatic carbocycles. The molecule has 4 N–H and O–H groups in total. The van der Waals surface area contributed by atoms with Crippen LogP contribution >= 0.6 is 0 Å². The molecule has 0 aliphatic carbocycles. The van der Waals surface area contributed by atoms with Crippen molar-refractivity contribution in [3.8, 4) is 11.3 Å². The highest BCUT2D eigenvalue weighted by atomic mass is 16.3. The number of nitrogens with two attached hydrogens (primary N) is 1. The lowest BCUT2D eigenvalue weighted by Gasteiger charge is -2.33. The Kier molecular flexibility index (Phi) is 5.44. The van der Waals surface area contributed by atoms with Crippen LogP contribution < -0.4 is 16.6 Å². The minimum atomic E-state index is -0.0641. The second kappa shape index (κ2) is 8.32. The van der Waals surface area contributed by atoms with Gasteiger partial charge in [0.25, 0.3) is 5.91 Å². The summed E-state index contributed by atoms with van der Waals surface area (Å²) < 4.78 is 5.44. The van der Waals surface area contributed by atoms with E-state index in [2.05, 4.69) is 25.6 Å². The molecule has 3 aromatic rings. The third-order valence-corrected chi connectivity index (χ3v) is 5.27. The number of aromatic nitrogens is 1. The molecule has 8 heteroatoms. The molecule has 0 bridgehead atoms. The molecule has 1 fully saturated rings. The van der Waals surface area contributed by atoms with Crippen LogP contribution in [0.25, 0.3) is 22.2 Å². The first-order chi connectivity index (χ1) is 14.2. The zero-order chi connectivity index (χ0) is 20.2. The molecule has 0 unspecified atom stereocenters. The Morgan fingerprint density at radius 2 is 1.97 bits per heavy atom. The third kappa shape index (κ3) is 3.93. The van der Waals surface area contributed by atoms with Gasteiger partial charge in [-0.15, -0.1) is 0 Å². The molecule has 1 aliphatic heterocycles. The highest BCUT2D eigenvalue weighted by Gasteiger charge is 2.22. The zero-order valence-electron chi connectivity index (χ0n) is 16.3. The number of carbonyl (C=O) groups excluding carboxylic acids is 1. The van der Waals surface area contributed by atoms with Gasteiger partial charge in [-0.2, -0.15) is 0 Å². The van der Waals surface area contributed by atoms with Crippen molar-refractivity contribution in [3.05, 3.63) is 54.4 Å². The minimum absolute atomic E-state index is 0.0641. The summed E-state index contributed by atoms with van der Waals surface area (Å²) in [4.78, 5) is 23.3. The van der Waals surface area contributed by atoms with Gasteiger partial charge in [-0.25, -0.2) is 5.84 Å². The van der Waals surface area contributed by atoms with Gasteiger partial charge >= 0.3 is 0 Å². The summed E-state index contributed by atoms with van der Waals surface area (Å²) in [5, 5.41) is 4.08. The number of rotatable bonds is 3. The maximum Gasteiger partial charge on any atom is 0.251 e. The van der Waals surface area contributed by atoms with Crippen molar-refractivity contribution in [2.75, 3.05) is 20.1 Å². The Morgan fingerprint density at radius 3 is 2.66 bits per heavy atom. The number of hydrogen-bond acceptors (Lipinski definition) is 5. The van der Waals surface area contributed by atoms with E-state index in [1.807, 2.05) is 36.4 Å². The maximum absolute atomic E-state index is 12.6. The number of nitrogens with zero attached hydrogens (tertiary/aromatic N) is 3. The van der Waals surface area contributed by atoms with Gasteiger partial charge in [0.05, 0.1) is 12.0 Å². The van der Waals surface area contributed by atoms with Gasteiger partial charge in [0.15, 0.2) is 0 Å². The number of pyridine rings is 1. The normalized spacial score (nSPS) is 15.5. The number of carbonyl (C=O) groups is 1. The molecule has 1 aliphatic rings. The summed E-state index contributed by atoms with van der Waals surface area (Å²) in [6.45, 7) is 1.59. The number of amides is 1. The Labute approximate surface area is 168 Å². The first-order valence-corrected chi connectivity index (χ1v) is 9.61. The van der Waals surface area contributed by atoms with Crippen molar-refractivity contribution in [3.63, 3.8) is 0 Å². The van der Waals surface area contributed by atoms with Crippen LogP contribution in [0, 0.1) is 0 Å². The van der Waals surface area contributed by atoms with Crippen molar-refractivity contribution in [1.82, 2.24) is 20.6 Å². The zero-order valence-corrected chi connectivity index (χ0v) is 16.3. The summed E-state index contributed by atoms with van der Waals surface area (Å²) >= 11 is 0. The lowest BCUT2D eigenvalue weighted by molar-refractivity contribution is 0.0922. The van der Waals surface area contributed by atoms with Crippen LogP contribution in [0.15, 0.2) is 58.3 Å². The van der Waals surface area contributed by atoms with Crippen molar-refractivity contribution in [1.29, 1.82) is 0 Å². The lowest BCUT2D eigenvalue weighted by atomic mass is 10.0. The van der Waals surface area contributed by atoms with E-state index >= 15 is 0 Å². The number of piperidine rings is 1. The van der Waals surface area contributed by atoms with E-state index in [0.29, 0.717) is 11.5 Å². The van der Waals surface area contributed by atoms with E-state index < -0.39 is 0 Å². The van der Waals surface area contributed by atoms with Crippen LogP contribution in [-0.2, 0) is 0 Å². The standard InChI is InChI=1S/C21H24N6O2/c1-23-21(26-22)27-11-7-16(8-12-27)25-20(28)15-4-2-14(3-5-15)19-17-9-13-29-18(17)6-10-24-19/h2-6,9-10,13,16H,7-8,11-12,22H2,1H3,(H,23,26)(H,25,28). The molecule has 1 saturated heterocycles. The lowest BCUT2D eigenvalue weighted by Crippen LogP contribution is -2.51. The smallest absolute Gasteiger partial charge is 0.251 e. The predicted octanol–water partition coefficient (Wildman–Crippen LogP) is 2.14. The quantitative estimate of drug-likeness (QED) is 0.273. The molecular formula is C21H24N6O2. The van der Waals surface area contributed by atoms with Crippen LogP contribution in [0.5, 0.6) is 0 Å². The Morgan fingerprint density at radius 1 is 1.21 bits per heavy atom. The van der Waals surface area contributed by atoms with Crippen molar-refractivity contribution < 1.29 is 9.21 Å². The van der Waals surface area contributed by atoms with Crippen LogP contribution in [0.1, 0.15) is 23.2 Å². The Balaban J connectivity index is 1.40. The van der Waals surface area contributed by atoms with Gasteiger partial charge in [-0.1, -0.05) is 12.1 Å². The maximum atomic E-state index is 12.6. The number of guanidine groups is 1. The summed E-state index contributed by atoms with van der Waals surface area (Å²) in [5.74, 6) is 6.09. The van der Waals surface area contributed by atoms with Crippen molar-refractivity contribution >= 4 is 22.8 Å². The largest absolute Gasteiger partial charge is 0.464 e. The molecule has 8 nitrogen and oxygen atoms in total.